The van der Waals surface area contributed by atoms with Crippen LogP contribution < -0.4 is 4.90 Å². The molecule has 1 aromatic carbocycles. The first-order valence-electron chi connectivity index (χ1n) is 8.11. The van der Waals surface area contributed by atoms with Gasteiger partial charge in [-0.25, -0.2) is 0 Å². The number of nitrogens with zero attached hydrogens (tertiary/aromatic N) is 3. The van der Waals surface area contributed by atoms with Crippen molar-refractivity contribution in [2.45, 2.75) is 6.61 Å². The molecule has 0 saturated carbocycles. The van der Waals surface area contributed by atoms with Gasteiger partial charge in [0.15, 0.2) is 0 Å². The number of carbonyl (C=O) groups excluding carboxylic acids is 1. The van der Waals surface area contributed by atoms with Crippen molar-refractivity contribution in [3.8, 4) is 6.07 Å². The summed E-state index contributed by atoms with van der Waals surface area (Å²) in [5.41, 5.74) is 0.936. The molecule has 1 aromatic heterocycles. The molecule has 0 unspecified atom stereocenters. The van der Waals surface area contributed by atoms with E-state index in [-0.39, 0.29) is 12.5 Å². The fraction of sp³-hybridized carbons (Fsp3) is 0.333. The number of piperazine rings is 1. The molecular weight excluding hydrogens is 393 g/mol. The number of amides is 1. The zero-order chi connectivity index (χ0) is 18.5. The third kappa shape index (κ3) is 4.68. The fourth-order valence-electron chi connectivity index (χ4n) is 2.78. The van der Waals surface area contributed by atoms with Crippen molar-refractivity contribution in [2.24, 2.45) is 0 Å². The van der Waals surface area contributed by atoms with Crippen molar-refractivity contribution in [3.63, 3.8) is 0 Å². The summed E-state index contributed by atoms with van der Waals surface area (Å²) in [5, 5.41) is 10.0. The number of hydrogen-bond donors (Lipinski definition) is 0. The van der Waals surface area contributed by atoms with E-state index in [9.17, 15) is 4.79 Å². The van der Waals surface area contributed by atoms with Gasteiger partial charge < -0.3 is 14.5 Å². The lowest BCUT2D eigenvalue weighted by atomic mass is 10.2. The molecule has 3 rings (SSSR count). The zero-order valence-corrected chi connectivity index (χ0v) is 16.3. The highest BCUT2D eigenvalue weighted by atomic mass is 35.5. The van der Waals surface area contributed by atoms with Gasteiger partial charge in [-0.2, -0.15) is 5.26 Å². The summed E-state index contributed by atoms with van der Waals surface area (Å²) in [5.74, 6) is -0.0242. The Morgan fingerprint density at radius 1 is 1.19 bits per heavy atom. The van der Waals surface area contributed by atoms with Crippen LogP contribution in [0.3, 0.4) is 0 Å². The summed E-state index contributed by atoms with van der Waals surface area (Å²) in [6.45, 7) is 3.06. The van der Waals surface area contributed by atoms with Crippen molar-refractivity contribution in [2.75, 3.05) is 37.7 Å². The highest BCUT2D eigenvalue weighted by molar-refractivity contribution is 7.12. The highest BCUT2D eigenvalue weighted by Crippen LogP contribution is 2.29. The van der Waals surface area contributed by atoms with Crippen LogP contribution in [-0.4, -0.2) is 43.6 Å². The Bertz CT molecular complexity index is 826. The Kier molecular flexibility index (Phi) is 6.38. The summed E-state index contributed by atoms with van der Waals surface area (Å²) in [7, 11) is 0. The molecule has 0 atom stereocenters. The van der Waals surface area contributed by atoms with Gasteiger partial charge in [0.05, 0.1) is 17.3 Å². The number of halogens is 2. The van der Waals surface area contributed by atoms with Crippen LogP contribution in [-0.2, 0) is 16.1 Å². The second kappa shape index (κ2) is 8.74. The summed E-state index contributed by atoms with van der Waals surface area (Å²) >= 11 is 13.6. The molecule has 1 fully saturated rings. The quantitative estimate of drug-likeness (QED) is 0.753. The Balaban J connectivity index is 1.45. The van der Waals surface area contributed by atoms with Gasteiger partial charge >= 0.3 is 0 Å². The number of ether oxygens (including phenoxy) is 1. The highest BCUT2D eigenvalue weighted by Gasteiger charge is 2.22. The lowest BCUT2D eigenvalue weighted by Gasteiger charge is -2.36. The average molecular weight is 410 g/mol. The van der Waals surface area contributed by atoms with E-state index in [0.717, 1.165) is 10.6 Å². The first-order valence-corrected chi connectivity index (χ1v) is 9.68. The second-order valence-corrected chi connectivity index (χ2v) is 7.85. The van der Waals surface area contributed by atoms with Crippen LogP contribution in [0.15, 0.2) is 30.3 Å². The maximum atomic E-state index is 12.3. The molecule has 0 radical (unpaired) electrons. The molecule has 8 heteroatoms. The van der Waals surface area contributed by atoms with Gasteiger partial charge in [0.2, 0.25) is 5.91 Å². The molecule has 5 nitrogen and oxygen atoms in total. The molecule has 26 heavy (non-hydrogen) atoms. The minimum absolute atomic E-state index is 0.0242. The van der Waals surface area contributed by atoms with Crippen molar-refractivity contribution >= 4 is 46.1 Å². The summed E-state index contributed by atoms with van der Waals surface area (Å²) in [6.07, 6.45) is 0. The lowest BCUT2D eigenvalue weighted by molar-refractivity contribution is -0.136. The van der Waals surface area contributed by atoms with Crippen LogP contribution in [0.4, 0.5) is 5.69 Å². The molecule has 0 aliphatic carbocycles. The SMILES string of the molecule is N#Cc1ccc(COCC(=O)N2CCN(c3ccc(Cl)cc3Cl)CC2)s1. The summed E-state index contributed by atoms with van der Waals surface area (Å²) in [6, 6.07) is 11.1. The monoisotopic (exact) mass is 409 g/mol. The van der Waals surface area contributed by atoms with Crippen LogP contribution >= 0.6 is 34.5 Å². The van der Waals surface area contributed by atoms with Gasteiger partial charge in [0.25, 0.3) is 0 Å². The second-order valence-electron chi connectivity index (χ2n) is 5.83. The Hall–Kier alpha value is -1.78. The largest absolute Gasteiger partial charge is 0.367 e. The first-order chi connectivity index (χ1) is 12.6. The van der Waals surface area contributed by atoms with E-state index in [2.05, 4.69) is 11.0 Å². The predicted octanol–water partition coefficient (Wildman–Crippen LogP) is 3.79. The Morgan fingerprint density at radius 3 is 2.62 bits per heavy atom. The standard InChI is InChI=1S/C18H17Cl2N3O2S/c19-13-1-4-17(16(20)9-13)22-5-7-23(8-6-22)18(24)12-25-11-15-3-2-14(10-21)26-15/h1-4,9H,5-8,11-12H2. The molecule has 0 spiro atoms. The Morgan fingerprint density at radius 2 is 1.96 bits per heavy atom. The van der Waals surface area contributed by atoms with Gasteiger partial charge in [-0.3, -0.25) is 4.79 Å². The van der Waals surface area contributed by atoms with Gasteiger partial charge in [0, 0.05) is 36.1 Å². The van der Waals surface area contributed by atoms with E-state index in [1.165, 1.54) is 11.3 Å². The van der Waals surface area contributed by atoms with Crippen LogP contribution in [0.2, 0.25) is 10.0 Å². The molecular formula is C18H17Cl2N3O2S. The molecule has 2 heterocycles. The smallest absolute Gasteiger partial charge is 0.248 e. The third-order valence-corrected chi connectivity index (χ3v) is 5.63. The number of anilines is 1. The topological polar surface area (TPSA) is 56.6 Å². The number of nitriles is 1. The van der Waals surface area contributed by atoms with E-state index >= 15 is 0 Å². The predicted molar refractivity (Wildman–Crippen MR) is 104 cm³/mol. The van der Waals surface area contributed by atoms with Crippen molar-refractivity contribution in [1.29, 1.82) is 5.26 Å². The number of thiophene rings is 1. The number of rotatable bonds is 5. The molecule has 1 saturated heterocycles. The molecule has 1 aliphatic rings. The van der Waals surface area contributed by atoms with Crippen molar-refractivity contribution in [3.05, 3.63) is 50.1 Å². The van der Waals surface area contributed by atoms with Crippen LogP contribution in [0.25, 0.3) is 0 Å². The van der Waals surface area contributed by atoms with Crippen molar-refractivity contribution < 1.29 is 9.53 Å². The Labute approximate surface area is 166 Å². The number of hydrogen-bond acceptors (Lipinski definition) is 5. The van der Waals surface area contributed by atoms with E-state index in [1.807, 2.05) is 18.2 Å². The zero-order valence-electron chi connectivity index (χ0n) is 14.0. The minimum Gasteiger partial charge on any atom is -0.367 e. The molecule has 0 N–H and O–H groups in total. The molecule has 2 aromatic rings. The normalized spacial score (nSPS) is 14.3. The van der Waals surface area contributed by atoms with Gasteiger partial charge in [0.1, 0.15) is 17.6 Å². The van der Waals surface area contributed by atoms with Gasteiger partial charge in [-0.05, 0) is 30.3 Å². The van der Waals surface area contributed by atoms with E-state index < -0.39 is 0 Å². The maximum absolute atomic E-state index is 12.3. The molecule has 1 amide bonds. The lowest BCUT2D eigenvalue weighted by Crippen LogP contribution is -2.49. The first kappa shape index (κ1) is 19.0. The van der Waals surface area contributed by atoms with E-state index in [1.54, 1.807) is 17.0 Å². The van der Waals surface area contributed by atoms with Crippen LogP contribution in [0.1, 0.15) is 9.75 Å². The fourth-order valence-corrected chi connectivity index (χ4v) is 4.05. The molecule has 1 aliphatic heterocycles. The summed E-state index contributed by atoms with van der Waals surface area (Å²) in [4.78, 5) is 17.8. The number of carbonyl (C=O) groups is 1. The van der Waals surface area contributed by atoms with Gasteiger partial charge in [-0.1, -0.05) is 23.2 Å². The number of benzene rings is 1. The third-order valence-electron chi connectivity index (χ3n) is 4.12. The van der Waals surface area contributed by atoms with E-state index in [4.69, 9.17) is 33.2 Å². The van der Waals surface area contributed by atoms with E-state index in [0.29, 0.717) is 47.7 Å². The summed E-state index contributed by atoms with van der Waals surface area (Å²) < 4.78 is 5.50. The van der Waals surface area contributed by atoms with Gasteiger partial charge in [-0.15, -0.1) is 11.3 Å². The van der Waals surface area contributed by atoms with Crippen LogP contribution in [0.5, 0.6) is 0 Å². The van der Waals surface area contributed by atoms with Crippen LogP contribution in [0, 0.1) is 11.3 Å². The average Bonchev–Trinajstić information content (AvgIpc) is 3.10. The molecule has 136 valence electrons. The minimum atomic E-state index is -0.0242. The van der Waals surface area contributed by atoms with Crippen molar-refractivity contribution in [1.82, 2.24) is 4.90 Å². The molecule has 0 bridgehead atoms. The maximum Gasteiger partial charge on any atom is 0.248 e.